The largest absolute Gasteiger partial charge is 0.455 e. The number of nitro groups is 1. The maximum absolute atomic E-state index is 13.4. The van der Waals surface area contributed by atoms with Gasteiger partial charge in [-0.3, -0.25) is 10.1 Å². The number of halogens is 4. The second-order valence-corrected chi connectivity index (χ2v) is 6.91. The molecular formula is C17H12ClF3N2O3. The summed E-state index contributed by atoms with van der Waals surface area (Å²) in [4.78, 5) is 9.91. The Balaban J connectivity index is 1.76. The number of hydrogen-bond acceptors (Lipinski definition) is 4. The van der Waals surface area contributed by atoms with Gasteiger partial charge in [0.1, 0.15) is 11.3 Å². The molecule has 0 bridgehead atoms. The fourth-order valence-corrected chi connectivity index (χ4v) is 3.51. The number of nitro benzene ring substituents is 1. The van der Waals surface area contributed by atoms with Gasteiger partial charge >= 0.3 is 6.18 Å². The van der Waals surface area contributed by atoms with E-state index in [4.69, 9.17) is 16.3 Å². The number of benzene rings is 2. The zero-order valence-electron chi connectivity index (χ0n) is 13.2. The number of nitrogens with zero attached hydrogens (tertiary/aromatic N) is 1. The quantitative estimate of drug-likeness (QED) is 0.559. The maximum Gasteiger partial charge on any atom is 0.420 e. The number of alkyl halides is 3. The number of non-ortho nitro benzene ring substituents is 1. The molecule has 1 fully saturated rings. The Morgan fingerprint density at radius 1 is 1.23 bits per heavy atom. The molecule has 136 valence electrons. The van der Waals surface area contributed by atoms with Crippen LogP contribution in [0.15, 0.2) is 30.3 Å². The van der Waals surface area contributed by atoms with Crippen LogP contribution >= 0.6 is 11.6 Å². The van der Waals surface area contributed by atoms with Crippen molar-refractivity contribution in [1.29, 1.82) is 0 Å². The van der Waals surface area contributed by atoms with E-state index < -0.39 is 33.1 Å². The number of anilines is 1. The van der Waals surface area contributed by atoms with E-state index in [2.05, 4.69) is 5.32 Å². The van der Waals surface area contributed by atoms with Crippen molar-refractivity contribution in [2.75, 3.05) is 11.9 Å². The normalized spacial score (nSPS) is 16.9. The minimum absolute atomic E-state index is 0.0425. The summed E-state index contributed by atoms with van der Waals surface area (Å²) < 4.78 is 45.5. The van der Waals surface area contributed by atoms with Gasteiger partial charge in [-0.15, -0.1) is 0 Å². The molecule has 26 heavy (non-hydrogen) atoms. The van der Waals surface area contributed by atoms with Crippen molar-refractivity contribution in [3.63, 3.8) is 0 Å². The van der Waals surface area contributed by atoms with Gasteiger partial charge in [-0.1, -0.05) is 11.6 Å². The van der Waals surface area contributed by atoms with E-state index in [1.165, 1.54) is 0 Å². The molecule has 1 aliphatic carbocycles. The molecule has 0 atom stereocenters. The molecule has 0 amide bonds. The lowest BCUT2D eigenvalue weighted by molar-refractivity contribution is -0.385. The van der Waals surface area contributed by atoms with Gasteiger partial charge in [0.15, 0.2) is 5.75 Å². The first-order valence-corrected chi connectivity index (χ1v) is 8.19. The third-order valence-corrected chi connectivity index (χ3v) is 5.08. The predicted octanol–water partition coefficient (Wildman–Crippen LogP) is 5.52. The standard InChI is InChI=1S/C17H12ClF3N2O3/c18-13-6-9(23(24)25)5-12(17(19,20)21)15(13)26-10-1-2-14-11(7-10)16(3-4-16)8-22-14/h1-2,5-7,22H,3-4,8H2. The smallest absolute Gasteiger partial charge is 0.420 e. The summed E-state index contributed by atoms with van der Waals surface area (Å²) >= 11 is 5.88. The summed E-state index contributed by atoms with van der Waals surface area (Å²) in [6, 6.07) is 6.29. The summed E-state index contributed by atoms with van der Waals surface area (Å²) in [6.45, 7) is 0.803. The van der Waals surface area contributed by atoms with Crippen molar-refractivity contribution in [3.05, 3.63) is 56.6 Å². The molecule has 2 aromatic carbocycles. The van der Waals surface area contributed by atoms with Crippen molar-refractivity contribution in [3.8, 4) is 11.5 Å². The molecule has 0 unspecified atom stereocenters. The van der Waals surface area contributed by atoms with Gasteiger partial charge in [-0.05, 0) is 36.6 Å². The van der Waals surface area contributed by atoms with Crippen LogP contribution in [0.25, 0.3) is 0 Å². The highest BCUT2D eigenvalue weighted by Crippen LogP contribution is 2.55. The summed E-state index contributed by atoms with van der Waals surface area (Å²) in [6.07, 6.45) is -2.81. The summed E-state index contributed by atoms with van der Waals surface area (Å²) in [7, 11) is 0. The first kappa shape index (κ1) is 17.0. The summed E-state index contributed by atoms with van der Waals surface area (Å²) in [5.74, 6) is -0.430. The molecule has 0 aromatic heterocycles. The molecule has 1 spiro atoms. The van der Waals surface area contributed by atoms with E-state index in [-0.39, 0.29) is 11.2 Å². The van der Waals surface area contributed by atoms with E-state index in [1.54, 1.807) is 18.2 Å². The minimum atomic E-state index is -4.85. The van der Waals surface area contributed by atoms with E-state index in [0.29, 0.717) is 6.07 Å². The molecule has 1 heterocycles. The summed E-state index contributed by atoms with van der Waals surface area (Å²) in [5, 5.41) is 13.6. The van der Waals surface area contributed by atoms with Gasteiger partial charge in [0.25, 0.3) is 5.69 Å². The van der Waals surface area contributed by atoms with Crippen LogP contribution < -0.4 is 10.1 Å². The molecule has 2 aromatic rings. The Bertz CT molecular complexity index is 926. The fourth-order valence-electron chi connectivity index (χ4n) is 3.25. The second kappa shape index (κ2) is 5.51. The molecule has 1 saturated carbocycles. The number of rotatable bonds is 3. The monoisotopic (exact) mass is 384 g/mol. The van der Waals surface area contributed by atoms with Crippen molar-refractivity contribution in [2.24, 2.45) is 0 Å². The first-order valence-electron chi connectivity index (χ1n) is 7.81. The van der Waals surface area contributed by atoms with Crippen molar-refractivity contribution in [1.82, 2.24) is 0 Å². The van der Waals surface area contributed by atoms with Crippen molar-refractivity contribution >= 4 is 23.0 Å². The van der Waals surface area contributed by atoms with Crippen molar-refractivity contribution in [2.45, 2.75) is 24.4 Å². The van der Waals surface area contributed by atoms with E-state index in [0.717, 1.165) is 36.7 Å². The topological polar surface area (TPSA) is 64.4 Å². The number of nitrogens with one attached hydrogen (secondary N) is 1. The Morgan fingerprint density at radius 2 is 1.96 bits per heavy atom. The van der Waals surface area contributed by atoms with E-state index in [9.17, 15) is 23.3 Å². The lowest BCUT2D eigenvalue weighted by atomic mass is 9.98. The van der Waals surface area contributed by atoms with Crippen LogP contribution in [0, 0.1) is 10.1 Å². The van der Waals surface area contributed by atoms with Crippen LogP contribution in [0.2, 0.25) is 5.02 Å². The fraction of sp³-hybridized carbons (Fsp3) is 0.294. The Morgan fingerprint density at radius 3 is 2.58 bits per heavy atom. The SMILES string of the molecule is O=[N+]([O-])c1cc(Cl)c(Oc2ccc3c(c2)C2(CC2)CN3)c(C(F)(F)F)c1. The number of fused-ring (bicyclic) bond motifs is 2. The Hall–Kier alpha value is -2.48. The van der Waals surface area contributed by atoms with Crippen LogP contribution in [-0.4, -0.2) is 11.5 Å². The molecule has 0 radical (unpaired) electrons. The lowest BCUT2D eigenvalue weighted by Crippen LogP contribution is -2.09. The average molecular weight is 385 g/mol. The van der Waals surface area contributed by atoms with Gasteiger partial charge in [0.05, 0.1) is 9.95 Å². The van der Waals surface area contributed by atoms with Crippen molar-refractivity contribution < 1.29 is 22.8 Å². The predicted molar refractivity (Wildman–Crippen MR) is 89.0 cm³/mol. The van der Waals surface area contributed by atoms with Crippen LogP contribution in [-0.2, 0) is 11.6 Å². The highest BCUT2D eigenvalue weighted by Gasteiger charge is 2.49. The molecular weight excluding hydrogens is 373 g/mol. The minimum Gasteiger partial charge on any atom is -0.455 e. The van der Waals surface area contributed by atoms with Crippen LogP contribution in [0.3, 0.4) is 0 Å². The zero-order chi connectivity index (χ0) is 18.7. The molecule has 0 saturated heterocycles. The van der Waals surface area contributed by atoms with Gasteiger partial charge in [0, 0.05) is 29.8 Å². The van der Waals surface area contributed by atoms with E-state index >= 15 is 0 Å². The number of ether oxygens (including phenoxy) is 1. The Labute approximate surface area is 150 Å². The molecule has 1 aliphatic heterocycles. The number of hydrogen-bond donors (Lipinski definition) is 1. The van der Waals surface area contributed by atoms with Gasteiger partial charge < -0.3 is 10.1 Å². The van der Waals surface area contributed by atoms with Gasteiger partial charge in [-0.25, -0.2) is 0 Å². The van der Waals surface area contributed by atoms with Crippen LogP contribution in [0.5, 0.6) is 11.5 Å². The maximum atomic E-state index is 13.4. The van der Waals surface area contributed by atoms with Crippen LogP contribution in [0.4, 0.5) is 24.5 Å². The summed E-state index contributed by atoms with van der Waals surface area (Å²) in [5.41, 5.74) is -0.0237. The Kier molecular flexibility index (Phi) is 3.59. The van der Waals surface area contributed by atoms with Crippen LogP contribution in [0.1, 0.15) is 24.0 Å². The molecule has 9 heteroatoms. The average Bonchev–Trinajstić information content (AvgIpc) is 3.26. The third kappa shape index (κ3) is 2.74. The lowest BCUT2D eigenvalue weighted by Gasteiger charge is -2.16. The zero-order valence-corrected chi connectivity index (χ0v) is 13.9. The second-order valence-electron chi connectivity index (χ2n) is 6.50. The third-order valence-electron chi connectivity index (χ3n) is 4.80. The van der Waals surface area contributed by atoms with Gasteiger partial charge in [-0.2, -0.15) is 13.2 Å². The highest BCUT2D eigenvalue weighted by atomic mass is 35.5. The molecule has 1 N–H and O–H groups in total. The van der Waals surface area contributed by atoms with Gasteiger partial charge in [0.2, 0.25) is 0 Å². The molecule has 5 nitrogen and oxygen atoms in total. The molecule has 4 rings (SSSR count). The molecule has 2 aliphatic rings. The first-order chi connectivity index (χ1) is 12.2. The van der Waals surface area contributed by atoms with E-state index in [1.807, 2.05) is 0 Å². The highest BCUT2D eigenvalue weighted by molar-refractivity contribution is 6.32.